The lowest BCUT2D eigenvalue weighted by Gasteiger charge is -1.97. The molecule has 80 valence electrons. The van der Waals surface area contributed by atoms with Crippen molar-refractivity contribution in [3.63, 3.8) is 0 Å². The Bertz CT molecular complexity index is 328. The van der Waals surface area contributed by atoms with E-state index in [2.05, 4.69) is 13.8 Å². The minimum Gasteiger partial charge on any atom is -0.249 e. The highest BCUT2D eigenvalue weighted by molar-refractivity contribution is 7.91. The maximum Gasteiger partial charge on any atom is 0.0696 e. The average molecular weight is 213 g/mol. The molecule has 0 saturated heterocycles. The third kappa shape index (κ3) is 5.75. The molecule has 1 aromatic rings. The number of hydrogen-bond donors (Lipinski definition) is 1. The first-order valence-electron chi connectivity index (χ1n) is 4.81. The van der Waals surface area contributed by atoms with Crippen LogP contribution in [-0.4, -0.2) is 10.5 Å². The summed E-state index contributed by atoms with van der Waals surface area (Å²) in [7, 11) is -2.50. The van der Waals surface area contributed by atoms with Gasteiger partial charge in [0.15, 0.2) is 0 Å². The molecule has 14 heavy (non-hydrogen) atoms. The van der Waals surface area contributed by atoms with Crippen LogP contribution in [0.3, 0.4) is 0 Å². The summed E-state index contributed by atoms with van der Waals surface area (Å²) in [6.07, 6.45) is 4.06. The van der Waals surface area contributed by atoms with Gasteiger partial charge in [-0.2, -0.15) is 0 Å². The van der Waals surface area contributed by atoms with Crippen molar-refractivity contribution in [2.75, 3.05) is 6.26 Å². The Morgan fingerprint density at radius 3 is 1.79 bits per heavy atom. The van der Waals surface area contributed by atoms with Crippen LogP contribution in [0.2, 0.25) is 0 Å². The largest absolute Gasteiger partial charge is 0.249 e. The summed E-state index contributed by atoms with van der Waals surface area (Å²) in [5, 5.41) is 0. The predicted molar refractivity (Wildman–Crippen MR) is 62.1 cm³/mol. The standard InChI is InChI=1S/C7H9NOS.C4H10/c1-10(8,9)7-5-3-2-4-6-7;1-3-4-2/h2-6,8H,1H3;3-4H2,1-2H3. The maximum atomic E-state index is 11.1. The zero-order valence-corrected chi connectivity index (χ0v) is 9.93. The molecule has 0 radical (unpaired) electrons. The van der Waals surface area contributed by atoms with Crippen LogP contribution in [0.25, 0.3) is 0 Å². The van der Waals surface area contributed by atoms with Gasteiger partial charge in [0.2, 0.25) is 0 Å². The molecular formula is C11H19NOS. The first-order valence-corrected chi connectivity index (χ1v) is 6.77. The van der Waals surface area contributed by atoms with Crippen LogP contribution in [0.4, 0.5) is 0 Å². The van der Waals surface area contributed by atoms with E-state index < -0.39 is 9.73 Å². The second kappa shape index (κ2) is 6.60. The fourth-order valence-corrected chi connectivity index (χ4v) is 1.36. The van der Waals surface area contributed by atoms with Crippen molar-refractivity contribution in [2.24, 2.45) is 0 Å². The van der Waals surface area contributed by atoms with E-state index in [4.69, 9.17) is 4.78 Å². The molecular weight excluding hydrogens is 194 g/mol. The molecule has 0 aliphatic heterocycles. The smallest absolute Gasteiger partial charge is 0.0696 e. The van der Waals surface area contributed by atoms with E-state index in [-0.39, 0.29) is 0 Å². The van der Waals surface area contributed by atoms with Gasteiger partial charge in [-0.25, -0.2) is 8.99 Å². The summed E-state index contributed by atoms with van der Waals surface area (Å²) in [6, 6.07) is 8.82. The molecule has 0 amide bonds. The SMILES string of the molecule is CCCC.CS(=N)(=O)c1ccccc1. The molecule has 0 aliphatic carbocycles. The molecule has 1 unspecified atom stereocenters. The molecule has 0 spiro atoms. The van der Waals surface area contributed by atoms with Gasteiger partial charge in [-0.3, -0.25) is 0 Å². The van der Waals surface area contributed by atoms with Gasteiger partial charge in [-0.05, 0) is 12.1 Å². The van der Waals surface area contributed by atoms with Gasteiger partial charge in [0.25, 0.3) is 0 Å². The van der Waals surface area contributed by atoms with Crippen molar-refractivity contribution in [3.8, 4) is 0 Å². The van der Waals surface area contributed by atoms with Crippen molar-refractivity contribution < 1.29 is 4.21 Å². The van der Waals surface area contributed by atoms with Gasteiger partial charge in [0, 0.05) is 11.2 Å². The van der Waals surface area contributed by atoms with E-state index in [9.17, 15) is 4.21 Å². The van der Waals surface area contributed by atoms with E-state index >= 15 is 0 Å². The quantitative estimate of drug-likeness (QED) is 0.802. The van der Waals surface area contributed by atoms with Crippen molar-refractivity contribution in [1.29, 1.82) is 4.78 Å². The third-order valence-electron chi connectivity index (χ3n) is 1.69. The van der Waals surface area contributed by atoms with Gasteiger partial charge in [-0.15, -0.1) is 0 Å². The monoisotopic (exact) mass is 213 g/mol. The Labute approximate surface area is 87.3 Å². The summed E-state index contributed by atoms with van der Waals surface area (Å²) >= 11 is 0. The first kappa shape index (κ1) is 13.2. The summed E-state index contributed by atoms with van der Waals surface area (Å²) in [5.41, 5.74) is 0. The number of benzene rings is 1. The topological polar surface area (TPSA) is 40.9 Å². The van der Waals surface area contributed by atoms with Crippen LogP contribution < -0.4 is 0 Å². The molecule has 1 rings (SSSR count). The lowest BCUT2D eigenvalue weighted by Crippen LogP contribution is -1.92. The highest BCUT2D eigenvalue weighted by Gasteiger charge is 1.98. The normalized spacial score (nSPS) is 13.6. The number of hydrogen-bond acceptors (Lipinski definition) is 2. The minimum atomic E-state index is -2.50. The third-order valence-corrected chi connectivity index (χ3v) is 2.86. The van der Waals surface area contributed by atoms with Crippen molar-refractivity contribution in [1.82, 2.24) is 0 Å². The molecule has 0 fully saturated rings. The molecule has 0 bridgehead atoms. The summed E-state index contributed by atoms with van der Waals surface area (Å²) < 4.78 is 18.3. The van der Waals surface area contributed by atoms with Crippen LogP contribution in [0.1, 0.15) is 26.7 Å². The van der Waals surface area contributed by atoms with Crippen LogP contribution in [0.15, 0.2) is 35.2 Å². The minimum absolute atomic E-state index is 0.593. The van der Waals surface area contributed by atoms with E-state index in [1.807, 2.05) is 6.07 Å². The van der Waals surface area contributed by atoms with Crippen LogP contribution in [-0.2, 0) is 9.73 Å². The van der Waals surface area contributed by atoms with Gasteiger partial charge < -0.3 is 0 Å². The maximum absolute atomic E-state index is 11.1. The van der Waals surface area contributed by atoms with E-state index in [0.717, 1.165) is 0 Å². The van der Waals surface area contributed by atoms with Crippen molar-refractivity contribution in [2.45, 2.75) is 31.6 Å². The van der Waals surface area contributed by atoms with Gasteiger partial charge in [0.05, 0.1) is 9.73 Å². The number of unbranched alkanes of at least 4 members (excludes halogenated alkanes) is 1. The Balaban J connectivity index is 0.000000364. The summed E-state index contributed by atoms with van der Waals surface area (Å²) in [4.78, 5) is 0.593. The van der Waals surface area contributed by atoms with Crippen LogP contribution in [0, 0.1) is 4.78 Å². The lowest BCUT2D eigenvalue weighted by molar-refractivity contribution is 0.679. The van der Waals surface area contributed by atoms with E-state index in [1.54, 1.807) is 24.3 Å². The van der Waals surface area contributed by atoms with E-state index in [0.29, 0.717) is 4.90 Å². The molecule has 1 aromatic carbocycles. The predicted octanol–water partition coefficient (Wildman–Crippen LogP) is 3.53. The number of rotatable bonds is 2. The van der Waals surface area contributed by atoms with Crippen molar-refractivity contribution >= 4 is 9.73 Å². The fraction of sp³-hybridized carbons (Fsp3) is 0.455. The van der Waals surface area contributed by atoms with Gasteiger partial charge in [0.1, 0.15) is 0 Å². The molecule has 0 saturated carbocycles. The molecule has 1 atom stereocenters. The van der Waals surface area contributed by atoms with Crippen LogP contribution >= 0.6 is 0 Å². The average Bonchev–Trinajstić information content (AvgIpc) is 2.18. The second-order valence-electron chi connectivity index (χ2n) is 3.16. The summed E-state index contributed by atoms with van der Waals surface area (Å²) in [6.45, 7) is 4.36. The Kier molecular flexibility index (Phi) is 6.21. The highest BCUT2D eigenvalue weighted by atomic mass is 32.2. The number of nitrogens with one attached hydrogen (secondary N) is 1. The molecule has 0 aromatic heterocycles. The van der Waals surface area contributed by atoms with Crippen molar-refractivity contribution in [3.05, 3.63) is 30.3 Å². The highest BCUT2D eigenvalue weighted by Crippen LogP contribution is 2.06. The molecule has 0 aliphatic rings. The van der Waals surface area contributed by atoms with Crippen LogP contribution in [0.5, 0.6) is 0 Å². The Morgan fingerprint density at radius 2 is 1.57 bits per heavy atom. The van der Waals surface area contributed by atoms with Gasteiger partial charge in [-0.1, -0.05) is 44.9 Å². The zero-order chi connectivity index (χ0) is 11.0. The Hall–Kier alpha value is -0.830. The molecule has 3 heteroatoms. The molecule has 2 nitrogen and oxygen atoms in total. The second-order valence-corrected chi connectivity index (χ2v) is 5.32. The molecule has 1 N–H and O–H groups in total. The Morgan fingerprint density at radius 1 is 1.14 bits per heavy atom. The molecule has 0 heterocycles. The van der Waals surface area contributed by atoms with Gasteiger partial charge >= 0.3 is 0 Å². The summed E-state index contributed by atoms with van der Waals surface area (Å²) in [5.74, 6) is 0. The lowest BCUT2D eigenvalue weighted by atomic mass is 10.4. The zero-order valence-electron chi connectivity index (χ0n) is 9.12. The fourth-order valence-electron chi connectivity index (χ4n) is 0.680. The van der Waals surface area contributed by atoms with E-state index in [1.165, 1.54) is 19.1 Å². The first-order chi connectivity index (χ1) is 6.52.